The maximum Gasteiger partial charge on any atom is 0.408 e. The van der Waals surface area contributed by atoms with Crippen LogP contribution in [0, 0.1) is 5.82 Å². The first-order valence-electron chi connectivity index (χ1n) is 13.7. The Bertz CT molecular complexity index is 1080. The number of rotatable bonds is 10. The van der Waals surface area contributed by atoms with Crippen molar-refractivity contribution in [3.05, 3.63) is 70.5 Å². The predicted octanol–water partition coefficient (Wildman–Crippen LogP) is 5.14. The van der Waals surface area contributed by atoms with E-state index in [1.165, 1.54) is 6.07 Å². The summed E-state index contributed by atoms with van der Waals surface area (Å²) >= 11 is 6.03. The van der Waals surface area contributed by atoms with E-state index in [4.69, 9.17) is 16.3 Å². The van der Waals surface area contributed by atoms with Crippen molar-refractivity contribution in [1.82, 2.24) is 20.0 Å². The molecule has 7 nitrogen and oxygen atoms in total. The number of carbonyl (C=O) groups is 2. The van der Waals surface area contributed by atoms with Crippen LogP contribution >= 0.6 is 11.6 Å². The SMILES string of the molecule is CCN(CC)C(CN1CCN(C(=O)C(Cc2ccc(Cl)cc2)NC(=O)OC(C)(C)C)CC1)c1ccccc1F. The number of likely N-dealkylation sites (N-methyl/N-ethyl adjacent to an activating group) is 1. The first-order chi connectivity index (χ1) is 18.5. The van der Waals surface area contributed by atoms with Gasteiger partial charge in [-0.25, -0.2) is 9.18 Å². The third kappa shape index (κ3) is 9.19. The molecule has 2 aromatic rings. The third-order valence-electron chi connectivity index (χ3n) is 6.97. The number of hydrogen-bond donors (Lipinski definition) is 1. The fraction of sp³-hybridized carbons (Fsp3) is 0.533. The Morgan fingerprint density at radius 3 is 2.21 bits per heavy atom. The summed E-state index contributed by atoms with van der Waals surface area (Å²) in [5.41, 5.74) is 0.909. The van der Waals surface area contributed by atoms with E-state index < -0.39 is 17.7 Å². The summed E-state index contributed by atoms with van der Waals surface area (Å²) in [6.07, 6.45) is -0.298. The van der Waals surface area contributed by atoms with E-state index >= 15 is 0 Å². The van der Waals surface area contributed by atoms with Crippen LogP contribution in [0.3, 0.4) is 0 Å². The van der Waals surface area contributed by atoms with Crippen LogP contribution in [0.4, 0.5) is 9.18 Å². The van der Waals surface area contributed by atoms with Crippen LogP contribution < -0.4 is 5.32 Å². The first-order valence-corrected chi connectivity index (χ1v) is 14.1. The largest absolute Gasteiger partial charge is 0.444 e. The molecule has 2 unspecified atom stereocenters. The Hall–Kier alpha value is -2.68. The Kier molecular flexibility index (Phi) is 11.2. The molecule has 1 aliphatic heterocycles. The van der Waals surface area contributed by atoms with Gasteiger partial charge in [0.05, 0.1) is 6.04 Å². The van der Waals surface area contributed by atoms with Crippen LogP contribution in [-0.4, -0.2) is 84.2 Å². The minimum absolute atomic E-state index is 0.0741. The summed E-state index contributed by atoms with van der Waals surface area (Å²) in [6.45, 7) is 14.2. The van der Waals surface area contributed by atoms with Gasteiger partial charge in [-0.1, -0.05) is 55.8 Å². The van der Waals surface area contributed by atoms with Crippen molar-refractivity contribution in [3.8, 4) is 0 Å². The van der Waals surface area contributed by atoms with E-state index in [1.807, 2.05) is 24.3 Å². The zero-order chi connectivity index (χ0) is 28.6. The average Bonchev–Trinajstić information content (AvgIpc) is 2.89. The third-order valence-corrected chi connectivity index (χ3v) is 7.23. The summed E-state index contributed by atoms with van der Waals surface area (Å²) in [5, 5.41) is 3.40. The second kappa shape index (κ2) is 14.1. The normalized spacial score (nSPS) is 16.2. The van der Waals surface area contributed by atoms with Gasteiger partial charge in [-0.05, 0) is 57.6 Å². The molecule has 1 saturated heterocycles. The van der Waals surface area contributed by atoms with Gasteiger partial charge in [-0.2, -0.15) is 0 Å². The highest BCUT2D eigenvalue weighted by atomic mass is 35.5. The number of hydrogen-bond acceptors (Lipinski definition) is 5. The molecule has 2 amide bonds. The molecular weight excluding hydrogens is 519 g/mol. The molecular formula is C30H42ClFN4O3. The second-order valence-electron chi connectivity index (χ2n) is 10.9. The summed E-state index contributed by atoms with van der Waals surface area (Å²) in [5.74, 6) is -0.341. The van der Waals surface area contributed by atoms with Gasteiger partial charge in [0.1, 0.15) is 17.5 Å². The van der Waals surface area contributed by atoms with Crippen LogP contribution in [-0.2, 0) is 16.0 Å². The van der Waals surface area contributed by atoms with E-state index in [9.17, 15) is 14.0 Å². The molecule has 2 atom stereocenters. The van der Waals surface area contributed by atoms with Gasteiger partial charge in [0.25, 0.3) is 0 Å². The molecule has 1 N–H and O–H groups in total. The topological polar surface area (TPSA) is 65.1 Å². The van der Waals surface area contributed by atoms with E-state index in [0.29, 0.717) is 49.7 Å². The van der Waals surface area contributed by atoms with Crippen molar-refractivity contribution in [1.29, 1.82) is 0 Å². The Labute approximate surface area is 237 Å². The monoisotopic (exact) mass is 560 g/mol. The Morgan fingerprint density at radius 2 is 1.64 bits per heavy atom. The fourth-order valence-electron chi connectivity index (χ4n) is 4.94. The maximum absolute atomic E-state index is 14.7. The van der Waals surface area contributed by atoms with Crippen LogP contribution in [0.25, 0.3) is 0 Å². The minimum atomic E-state index is -0.769. The molecule has 9 heteroatoms. The number of nitrogens with one attached hydrogen (secondary N) is 1. The average molecular weight is 561 g/mol. The Morgan fingerprint density at radius 1 is 1.03 bits per heavy atom. The molecule has 2 aromatic carbocycles. The summed E-state index contributed by atoms with van der Waals surface area (Å²) in [7, 11) is 0. The van der Waals surface area contributed by atoms with Gasteiger partial charge < -0.3 is 15.0 Å². The molecule has 0 aromatic heterocycles. The van der Waals surface area contributed by atoms with Gasteiger partial charge in [0, 0.05) is 49.7 Å². The fourth-order valence-corrected chi connectivity index (χ4v) is 5.07. The number of alkyl carbamates (subject to hydrolysis) is 1. The molecule has 0 spiro atoms. The number of piperazine rings is 1. The summed E-state index contributed by atoms with van der Waals surface area (Å²) in [4.78, 5) is 32.6. The standard InChI is InChI=1S/C30H42ClFN4O3/c1-6-35(7-2)27(24-10-8-9-11-25(24)32)21-34-16-18-36(19-17-34)28(37)26(33-29(38)39-30(3,4)5)20-22-12-14-23(31)15-13-22/h8-15,26-27H,6-7,16-21H2,1-5H3,(H,33,38). The summed E-state index contributed by atoms with van der Waals surface area (Å²) in [6, 6.07) is 13.4. The summed E-state index contributed by atoms with van der Waals surface area (Å²) < 4.78 is 20.2. The molecule has 1 heterocycles. The number of nitrogens with zero attached hydrogens (tertiary/aromatic N) is 3. The lowest BCUT2D eigenvalue weighted by Crippen LogP contribution is -2.56. The number of carbonyl (C=O) groups excluding carboxylic acids is 2. The number of benzene rings is 2. The lowest BCUT2D eigenvalue weighted by atomic mass is 10.0. The number of ether oxygens (including phenoxy) is 1. The van der Waals surface area contributed by atoms with Crippen molar-refractivity contribution >= 4 is 23.6 Å². The van der Waals surface area contributed by atoms with Gasteiger partial charge in [0.15, 0.2) is 0 Å². The first kappa shape index (κ1) is 30.9. The van der Waals surface area contributed by atoms with Crippen molar-refractivity contribution in [2.24, 2.45) is 0 Å². The molecule has 0 saturated carbocycles. The maximum atomic E-state index is 14.7. The predicted molar refractivity (Wildman–Crippen MR) is 153 cm³/mol. The zero-order valence-electron chi connectivity index (χ0n) is 23.8. The smallest absolute Gasteiger partial charge is 0.408 e. The van der Waals surface area contributed by atoms with Gasteiger partial charge in [0.2, 0.25) is 5.91 Å². The van der Waals surface area contributed by atoms with Crippen LogP contribution in [0.1, 0.15) is 51.8 Å². The number of amides is 2. The molecule has 0 aliphatic carbocycles. The van der Waals surface area contributed by atoms with Crippen LogP contribution in [0.2, 0.25) is 5.02 Å². The van der Waals surface area contributed by atoms with Gasteiger partial charge in [-0.3, -0.25) is 14.6 Å². The van der Waals surface area contributed by atoms with Crippen molar-refractivity contribution in [2.45, 2.75) is 58.7 Å². The van der Waals surface area contributed by atoms with Gasteiger partial charge in [-0.15, -0.1) is 0 Å². The van der Waals surface area contributed by atoms with E-state index in [0.717, 1.165) is 18.7 Å². The Balaban J connectivity index is 1.68. The second-order valence-corrected chi connectivity index (χ2v) is 11.4. The van der Waals surface area contributed by atoms with E-state index in [-0.39, 0.29) is 17.8 Å². The lowest BCUT2D eigenvalue weighted by Gasteiger charge is -2.40. The van der Waals surface area contributed by atoms with Crippen molar-refractivity contribution < 1.29 is 18.7 Å². The highest BCUT2D eigenvalue weighted by Gasteiger charge is 2.32. The molecule has 1 fully saturated rings. The molecule has 0 radical (unpaired) electrons. The molecule has 39 heavy (non-hydrogen) atoms. The minimum Gasteiger partial charge on any atom is -0.444 e. The molecule has 0 bridgehead atoms. The lowest BCUT2D eigenvalue weighted by molar-refractivity contribution is -0.135. The zero-order valence-corrected chi connectivity index (χ0v) is 24.5. The van der Waals surface area contributed by atoms with Crippen LogP contribution in [0.5, 0.6) is 0 Å². The van der Waals surface area contributed by atoms with Crippen molar-refractivity contribution in [3.63, 3.8) is 0 Å². The van der Waals surface area contributed by atoms with E-state index in [2.05, 4.69) is 29.0 Å². The molecule has 1 aliphatic rings. The molecule has 3 rings (SSSR count). The number of halogens is 2. The van der Waals surface area contributed by atoms with Gasteiger partial charge >= 0.3 is 6.09 Å². The quantitative estimate of drug-likeness (QED) is 0.436. The highest BCUT2D eigenvalue weighted by Crippen LogP contribution is 2.25. The highest BCUT2D eigenvalue weighted by molar-refractivity contribution is 6.30. The van der Waals surface area contributed by atoms with E-state index in [1.54, 1.807) is 43.9 Å². The van der Waals surface area contributed by atoms with Crippen LogP contribution in [0.15, 0.2) is 48.5 Å². The molecule has 214 valence electrons. The van der Waals surface area contributed by atoms with Crippen molar-refractivity contribution in [2.75, 3.05) is 45.8 Å².